The number of Topliss-reactive ketones (excluding diaryl/α,β-unsaturated/α-hetero) is 1. The average molecular weight is 312 g/mol. The second-order valence-electron chi connectivity index (χ2n) is 2.35. The quantitative estimate of drug-likeness (QED) is 0.673. The predicted octanol–water partition coefficient (Wildman–Crippen LogP) is 2.87. The standard InChI is InChI=1S/C8H5Br2FO2/c9-3-7(12)4-1-5(10)8(13)6(11)2-4/h1-2,13H,3H2. The van der Waals surface area contributed by atoms with Crippen molar-refractivity contribution in [2.75, 3.05) is 5.33 Å². The highest BCUT2D eigenvalue weighted by Gasteiger charge is 2.11. The van der Waals surface area contributed by atoms with E-state index in [4.69, 9.17) is 5.11 Å². The van der Waals surface area contributed by atoms with Gasteiger partial charge in [-0.1, -0.05) is 15.9 Å². The summed E-state index contributed by atoms with van der Waals surface area (Å²) in [6.07, 6.45) is 0. The first kappa shape index (κ1) is 10.7. The molecule has 2 nitrogen and oxygen atoms in total. The van der Waals surface area contributed by atoms with Crippen LogP contribution in [0.4, 0.5) is 4.39 Å². The third kappa shape index (κ3) is 2.28. The molecule has 0 aromatic heterocycles. The minimum atomic E-state index is -0.807. The molecule has 0 saturated carbocycles. The molecule has 0 radical (unpaired) electrons. The van der Waals surface area contributed by atoms with Crippen LogP contribution in [0.3, 0.4) is 0 Å². The lowest BCUT2D eigenvalue weighted by Crippen LogP contribution is -2.00. The van der Waals surface area contributed by atoms with Gasteiger partial charge in [-0.15, -0.1) is 0 Å². The predicted molar refractivity (Wildman–Crippen MR) is 53.9 cm³/mol. The lowest BCUT2D eigenvalue weighted by molar-refractivity contribution is 0.102. The maximum absolute atomic E-state index is 12.9. The molecular weight excluding hydrogens is 307 g/mol. The molecule has 1 rings (SSSR count). The smallest absolute Gasteiger partial charge is 0.173 e. The molecule has 0 aliphatic rings. The number of hydrogen-bond acceptors (Lipinski definition) is 2. The van der Waals surface area contributed by atoms with Gasteiger partial charge in [-0.25, -0.2) is 4.39 Å². The van der Waals surface area contributed by atoms with Crippen LogP contribution < -0.4 is 0 Å². The van der Waals surface area contributed by atoms with Crippen LogP contribution in [0.25, 0.3) is 0 Å². The minimum Gasteiger partial charge on any atom is -0.504 e. The zero-order valence-electron chi connectivity index (χ0n) is 6.35. The van der Waals surface area contributed by atoms with E-state index >= 15 is 0 Å². The van der Waals surface area contributed by atoms with Crippen molar-refractivity contribution in [1.82, 2.24) is 0 Å². The summed E-state index contributed by atoms with van der Waals surface area (Å²) < 4.78 is 13.1. The van der Waals surface area contributed by atoms with Crippen LogP contribution in [-0.2, 0) is 0 Å². The number of halogens is 3. The maximum Gasteiger partial charge on any atom is 0.173 e. The molecule has 1 aromatic carbocycles. The largest absolute Gasteiger partial charge is 0.504 e. The zero-order valence-corrected chi connectivity index (χ0v) is 9.52. The van der Waals surface area contributed by atoms with Crippen LogP contribution in [-0.4, -0.2) is 16.2 Å². The molecule has 70 valence electrons. The van der Waals surface area contributed by atoms with Gasteiger partial charge < -0.3 is 5.11 Å². The van der Waals surface area contributed by atoms with Gasteiger partial charge in [0.05, 0.1) is 9.80 Å². The first-order chi connectivity index (χ1) is 6.06. The molecule has 0 atom stereocenters. The first-order valence-corrected chi connectivity index (χ1v) is 5.25. The maximum atomic E-state index is 12.9. The molecule has 0 bridgehead atoms. The van der Waals surface area contributed by atoms with Crippen molar-refractivity contribution in [3.05, 3.63) is 28.0 Å². The van der Waals surface area contributed by atoms with Gasteiger partial charge in [0.15, 0.2) is 17.3 Å². The van der Waals surface area contributed by atoms with Crippen LogP contribution >= 0.6 is 31.9 Å². The third-order valence-electron chi connectivity index (χ3n) is 1.46. The molecule has 1 aromatic rings. The van der Waals surface area contributed by atoms with Gasteiger partial charge in [0, 0.05) is 5.56 Å². The van der Waals surface area contributed by atoms with E-state index in [1.54, 1.807) is 0 Å². The Morgan fingerprint density at radius 2 is 2.15 bits per heavy atom. The normalized spacial score (nSPS) is 10.1. The lowest BCUT2D eigenvalue weighted by Gasteiger charge is -2.01. The molecule has 13 heavy (non-hydrogen) atoms. The van der Waals surface area contributed by atoms with Gasteiger partial charge in [-0.2, -0.15) is 0 Å². The second kappa shape index (κ2) is 4.19. The molecule has 0 amide bonds. The molecular formula is C8H5Br2FO2. The van der Waals surface area contributed by atoms with Crippen LogP contribution in [0.1, 0.15) is 10.4 Å². The van der Waals surface area contributed by atoms with Crippen molar-refractivity contribution in [3.63, 3.8) is 0 Å². The van der Waals surface area contributed by atoms with Crippen molar-refractivity contribution in [2.45, 2.75) is 0 Å². The number of phenols is 1. The highest BCUT2D eigenvalue weighted by molar-refractivity contribution is 9.10. The van der Waals surface area contributed by atoms with Crippen molar-refractivity contribution in [3.8, 4) is 5.75 Å². The number of carbonyl (C=O) groups is 1. The first-order valence-electron chi connectivity index (χ1n) is 3.33. The summed E-state index contributed by atoms with van der Waals surface area (Å²) in [5, 5.41) is 9.17. The minimum absolute atomic E-state index is 0.129. The van der Waals surface area contributed by atoms with Crippen molar-refractivity contribution < 1.29 is 14.3 Å². The Kier molecular flexibility index (Phi) is 3.44. The van der Waals surface area contributed by atoms with Crippen LogP contribution in [0, 0.1) is 5.82 Å². The van der Waals surface area contributed by atoms with E-state index in [2.05, 4.69) is 31.9 Å². The van der Waals surface area contributed by atoms with Crippen molar-refractivity contribution in [2.24, 2.45) is 0 Å². The summed E-state index contributed by atoms with van der Waals surface area (Å²) in [4.78, 5) is 11.1. The highest BCUT2D eigenvalue weighted by atomic mass is 79.9. The molecule has 0 heterocycles. The zero-order chi connectivity index (χ0) is 10.0. The number of alkyl halides is 1. The monoisotopic (exact) mass is 310 g/mol. The number of hydrogen-bond donors (Lipinski definition) is 1. The van der Waals surface area contributed by atoms with Gasteiger partial charge >= 0.3 is 0 Å². The van der Waals surface area contributed by atoms with E-state index in [9.17, 15) is 9.18 Å². The molecule has 0 saturated heterocycles. The number of rotatable bonds is 2. The van der Waals surface area contributed by atoms with Gasteiger partial charge in [0.25, 0.3) is 0 Å². The molecule has 5 heteroatoms. The van der Waals surface area contributed by atoms with Crippen LogP contribution in [0.15, 0.2) is 16.6 Å². The Hall–Kier alpha value is -0.420. The number of phenolic OH excluding ortho intramolecular Hbond substituents is 1. The summed E-state index contributed by atoms with van der Waals surface area (Å²) in [5.41, 5.74) is 0.221. The fraction of sp³-hybridized carbons (Fsp3) is 0.125. The Morgan fingerprint density at radius 3 is 2.62 bits per heavy atom. The van der Waals surface area contributed by atoms with E-state index in [0.29, 0.717) is 0 Å². The Morgan fingerprint density at radius 1 is 1.54 bits per heavy atom. The third-order valence-corrected chi connectivity index (χ3v) is 2.57. The van der Waals surface area contributed by atoms with E-state index in [1.165, 1.54) is 6.07 Å². The number of ketones is 1. The average Bonchev–Trinajstić information content (AvgIpc) is 2.12. The lowest BCUT2D eigenvalue weighted by atomic mass is 10.1. The summed E-state index contributed by atoms with van der Waals surface area (Å²) in [7, 11) is 0. The number of benzene rings is 1. The Bertz CT molecular complexity index is 329. The Balaban J connectivity index is 3.20. The molecule has 0 aliphatic carbocycles. The van der Waals surface area contributed by atoms with Gasteiger partial charge in [0.2, 0.25) is 0 Å². The second-order valence-corrected chi connectivity index (χ2v) is 3.76. The van der Waals surface area contributed by atoms with E-state index < -0.39 is 11.6 Å². The fourth-order valence-corrected chi connectivity index (χ4v) is 1.56. The van der Waals surface area contributed by atoms with Crippen LogP contribution in [0.2, 0.25) is 0 Å². The topological polar surface area (TPSA) is 37.3 Å². The van der Waals surface area contributed by atoms with Crippen molar-refractivity contribution >= 4 is 37.6 Å². The van der Waals surface area contributed by atoms with Crippen LogP contribution in [0.5, 0.6) is 5.75 Å². The SMILES string of the molecule is O=C(CBr)c1cc(F)c(O)c(Br)c1. The molecule has 0 unspecified atom stereocenters. The highest BCUT2D eigenvalue weighted by Crippen LogP contribution is 2.28. The van der Waals surface area contributed by atoms with Gasteiger partial charge in [-0.3, -0.25) is 4.79 Å². The molecule has 0 aliphatic heterocycles. The molecule has 1 N–H and O–H groups in total. The van der Waals surface area contributed by atoms with E-state index in [0.717, 1.165) is 6.07 Å². The summed E-state index contributed by atoms with van der Waals surface area (Å²) >= 11 is 5.91. The molecule has 0 fully saturated rings. The number of carbonyl (C=O) groups excluding carboxylic acids is 1. The summed E-state index contributed by atoms with van der Waals surface area (Å²) in [6.45, 7) is 0. The fourth-order valence-electron chi connectivity index (χ4n) is 0.804. The van der Waals surface area contributed by atoms with Crippen molar-refractivity contribution in [1.29, 1.82) is 0 Å². The number of aromatic hydroxyl groups is 1. The summed E-state index contributed by atoms with van der Waals surface area (Å²) in [5.74, 6) is -1.52. The van der Waals surface area contributed by atoms with E-state index in [1.807, 2.05) is 0 Å². The van der Waals surface area contributed by atoms with E-state index in [-0.39, 0.29) is 21.1 Å². The molecule has 0 spiro atoms. The summed E-state index contributed by atoms with van der Waals surface area (Å²) in [6, 6.07) is 2.38. The Labute approximate surface area is 91.0 Å². The van der Waals surface area contributed by atoms with Gasteiger partial charge in [0.1, 0.15) is 0 Å². The van der Waals surface area contributed by atoms with Gasteiger partial charge in [-0.05, 0) is 28.1 Å².